The van der Waals surface area contributed by atoms with E-state index in [-0.39, 0.29) is 11.3 Å². The Hall–Kier alpha value is -2.96. The first-order chi connectivity index (χ1) is 8.99. The van der Waals surface area contributed by atoms with Crippen LogP contribution in [0.5, 0.6) is 0 Å². The van der Waals surface area contributed by atoms with Gasteiger partial charge in [-0.2, -0.15) is 0 Å². The average Bonchev–Trinajstić information content (AvgIpc) is 2.39. The number of amides is 1. The molecule has 1 amide bonds. The summed E-state index contributed by atoms with van der Waals surface area (Å²) in [7, 11) is 0. The number of aromatic amines is 1. The van der Waals surface area contributed by atoms with Gasteiger partial charge in [-0.05, 0) is 17.2 Å². The van der Waals surface area contributed by atoms with Crippen LogP contribution in [0, 0.1) is 10.1 Å². The van der Waals surface area contributed by atoms with Crippen molar-refractivity contribution >= 4 is 11.6 Å². The maximum atomic E-state index is 11.4. The molecule has 7 nitrogen and oxygen atoms in total. The number of nitrogens with one attached hydrogen (secondary N) is 1. The molecule has 2 aromatic rings. The topological polar surface area (TPSA) is 119 Å². The summed E-state index contributed by atoms with van der Waals surface area (Å²) in [6, 6.07) is 7.15. The van der Waals surface area contributed by atoms with Crippen LogP contribution in [-0.4, -0.2) is 15.8 Å². The minimum absolute atomic E-state index is 0.0793. The smallest absolute Gasteiger partial charge is 0.270 e. The van der Waals surface area contributed by atoms with E-state index >= 15 is 0 Å². The second-order valence-corrected chi connectivity index (χ2v) is 3.80. The van der Waals surface area contributed by atoms with Gasteiger partial charge in [-0.3, -0.25) is 19.7 Å². The van der Waals surface area contributed by atoms with Gasteiger partial charge in [0.05, 0.1) is 4.92 Å². The molecule has 0 atom stereocenters. The number of pyridine rings is 1. The summed E-state index contributed by atoms with van der Waals surface area (Å²) in [5.74, 6) is -0.853. The van der Waals surface area contributed by atoms with Crippen LogP contribution < -0.4 is 11.3 Å². The monoisotopic (exact) mass is 259 g/mol. The number of carbonyl (C=O) groups is 1. The largest absolute Gasteiger partial charge is 0.365 e. The Labute approximate surface area is 106 Å². The summed E-state index contributed by atoms with van der Waals surface area (Å²) in [6.45, 7) is 0. The van der Waals surface area contributed by atoms with Crippen molar-refractivity contribution in [3.63, 3.8) is 0 Å². The van der Waals surface area contributed by atoms with E-state index in [4.69, 9.17) is 5.73 Å². The summed E-state index contributed by atoms with van der Waals surface area (Å²) in [4.78, 5) is 35.0. The summed E-state index contributed by atoms with van der Waals surface area (Å²) in [5.41, 5.74) is 5.18. The number of primary amides is 1. The Kier molecular flexibility index (Phi) is 3.11. The second kappa shape index (κ2) is 4.73. The third-order valence-corrected chi connectivity index (χ3v) is 2.56. The molecule has 1 aromatic heterocycles. The molecule has 19 heavy (non-hydrogen) atoms. The van der Waals surface area contributed by atoms with Crippen LogP contribution >= 0.6 is 0 Å². The zero-order valence-electron chi connectivity index (χ0n) is 9.62. The van der Waals surface area contributed by atoms with Gasteiger partial charge in [0, 0.05) is 18.3 Å². The van der Waals surface area contributed by atoms with Gasteiger partial charge >= 0.3 is 0 Å². The number of non-ortho nitro benzene ring substituents is 1. The van der Waals surface area contributed by atoms with Crippen molar-refractivity contribution in [2.75, 3.05) is 0 Å². The highest BCUT2D eigenvalue weighted by atomic mass is 16.6. The third-order valence-electron chi connectivity index (χ3n) is 2.56. The summed E-state index contributed by atoms with van der Waals surface area (Å²) >= 11 is 0. The van der Waals surface area contributed by atoms with Gasteiger partial charge in [-0.25, -0.2) is 0 Å². The summed E-state index contributed by atoms with van der Waals surface area (Å²) in [5, 5.41) is 10.7. The molecule has 0 spiro atoms. The number of nitrogens with zero attached hydrogens (tertiary/aromatic N) is 1. The minimum Gasteiger partial charge on any atom is -0.365 e. The third kappa shape index (κ3) is 2.49. The molecular weight excluding hydrogens is 250 g/mol. The molecular formula is C12H9N3O4. The summed E-state index contributed by atoms with van der Waals surface area (Å²) in [6.07, 6.45) is 1.37. The molecule has 96 valence electrons. The van der Waals surface area contributed by atoms with E-state index in [1.54, 1.807) is 6.07 Å². The maximum absolute atomic E-state index is 11.4. The minimum atomic E-state index is -0.853. The fourth-order valence-electron chi connectivity index (χ4n) is 1.63. The lowest BCUT2D eigenvalue weighted by Gasteiger charge is -2.02. The van der Waals surface area contributed by atoms with Crippen LogP contribution in [0.2, 0.25) is 0 Å². The molecule has 2 rings (SSSR count). The Morgan fingerprint density at radius 3 is 2.63 bits per heavy atom. The van der Waals surface area contributed by atoms with E-state index in [0.29, 0.717) is 11.1 Å². The van der Waals surface area contributed by atoms with Gasteiger partial charge in [-0.15, -0.1) is 0 Å². The van der Waals surface area contributed by atoms with Gasteiger partial charge in [0.15, 0.2) is 0 Å². The molecule has 0 fully saturated rings. The van der Waals surface area contributed by atoms with Crippen molar-refractivity contribution in [2.45, 2.75) is 0 Å². The van der Waals surface area contributed by atoms with Crippen LogP contribution in [0.1, 0.15) is 10.4 Å². The highest BCUT2D eigenvalue weighted by Crippen LogP contribution is 2.23. The molecule has 1 heterocycles. The molecule has 0 radical (unpaired) electrons. The SMILES string of the molecule is NC(=O)c1cc(-c2cccc([N+](=O)[O-])c2)c[nH]c1=O. The Bertz CT molecular complexity index is 721. The van der Waals surface area contributed by atoms with Gasteiger partial charge in [0.2, 0.25) is 0 Å². The van der Waals surface area contributed by atoms with E-state index < -0.39 is 16.4 Å². The number of nitrogens with two attached hydrogens (primary N) is 1. The molecule has 0 unspecified atom stereocenters. The van der Waals surface area contributed by atoms with Crippen molar-refractivity contribution in [1.29, 1.82) is 0 Å². The molecule has 1 aromatic carbocycles. The molecule has 0 aliphatic heterocycles. The lowest BCUT2D eigenvalue weighted by atomic mass is 10.1. The first kappa shape index (κ1) is 12.5. The van der Waals surface area contributed by atoms with Crippen molar-refractivity contribution in [2.24, 2.45) is 5.73 Å². The number of nitro groups is 1. The van der Waals surface area contributed by atoms with Gasteiger partial charge < -0.3 is 10.7 Å². The second-order valence-electron chi connectivity index (χ2n) is 3.80. The lowest BCUT2D eigenvalue weighted by Crippen LogP contribution is -2.23. The Balaban J connectivity index is 2.56. The number of nitro benzene ring substituents is 1. The van der Waals surface area contributed by atoms with Crippen LogP contribution in [0.4, 0.5) is 5.69 Å². The van der Waals surface area contributed by atoms with Gasteiger partial charge in [0.25, 0.3) is 17.2 Å². The standard InChI is InChI=1S/C12H9N3O4/c13-11(16)10-5-8(6-14-12(10)17)7-2-1-3-9(4-7)15(18)19/h1-6H,(H2,13,16)(H,14,17). The lowest BCUT2D eigenvalue weighted by molar-refractivity contribution is -0.384. The molecule has 3 N–H and O–H groups in total. The summed E-state index contributed by atoms with van der Waals surface area (Å²) < 4.78 is 0. The fourth-order valence-corrected chi connectivity index (χ4v) is 1.63. The van der Waals surface area contributed by atoms with E-state index in [9.17, 15) is 19.7 Å². The van der Waals surface area contributed by atoms with E-state index in [2.05, 4.69) is 4.98 Å². The number of hydrogen-bond acceptors (Lipinski definition) is 4. The van der Waals surface area contributed by atoms with E-state index in [0.717, 1.165) is 0 Å². The van der Waals surface area contributed by atoms with Crippen molar-refractivity contribution in [3.05, 3.63) is 62.6 Å². The van der Waals surface area contributed by atoms with Crippen molar-refractivity contribution in [1.82, 2.24) is 4.98 Å². The molecule has 0 saturated carbocycles. The zero-order chi connectivity index (χ0) is 14.0. The first-order valence-electron chi connectivity index (χ1n) is 5.26. The quantitative estimate of drug-likeness (QED) is 0.632. The van der Waals surface area contributed by atoms with Crippen LogP contribution in [0.3, 0.4) is 0 Å². The zero-order valence-corrected chi connectivity index (χ0v) is 9.62. The Morgan fingerprint density at radius 2 is 2.00 bits per heavy atom. The molecule has 7 heteroatoms. The predicted octanol–water partition coefficient (Wildman–Crippen LogP) is 1.05. The average molecular weight is 259 g/mol. The number of hydrogen-bond donors (Lipinski definition) is 2. The first-order valence-corrected chi connectivity index (χ1v) is 5.26. The normalized spacial score (nSPS) is 10.1. The molecule has 0 aliphatic carbocycles. The van der Waals surface area contributed by atoms with Crippen molar-refractivity contribution in [3.8, 4) is 11.1 Å². The molecule has 0 bridgehead atoms. The van der Waals surface area contributed by atoms with E-state index in [1.807, 2.05) is 0 Å². The number of H-pyrrole nitrogens is 1. The van der Waals surface area contributed by atoms with Crippen molar-refractivity contribution < 1.29 is 9.72 Å². The maximum Gasteiger partial charge on any atom is 0.270 e. The predicted molar refractivity (Wildman–Crippen MR) is 67.7 cm³/mol. The van der Waals surface area contributed by atoms with E-state index in [1.165, 1.54) is 30.5 Å². The highest BCUT2D eigenvalue weighted by molar-refractivity contribution is 5.93. The number of benzene rings is 1. The number of aromatic nitrogens is 1. The van der Waals surface area contributed by atoms with Gasteiger partial charge in [-0.1, -0.05) is 12.1 Å². The number of carbonyl (C=O) groups excluding carboxylic acids is 1. The van der Waals surface area contributed by atoms with Crippen LogP contribution in [0.15, 0.2) is 41.3 Å². The molecule has 0 aliphatic rings. The Morgan fingerprint density at radius 1 is 1.26 bits per heavy atom. The highest BCUT2D eigenvalue weighted by Gasteiger charge is 2.11. The number of rotatable bonds is 3. The fraction of sp³-hybridized carbons (Fsp3) is 0. The van der Waals surface area contributed by atoms with Crippen LogP contribution in [-0.2, 0) is 0 Å². The molecule has 0 saturated heterocycles. The van der Waals surface area contributed by atoms with Gasteiger partial charge in [0.1, 0.15) is 5.56 Å². The van der Waals surface area contributed by atoms with Crippen LogP contribution in [0.25, 0.3) is 11.1 Å².